The van der Waals surface area contributed by atoms with Gasteiger partial charge in [0.1, 0.15) is 12.7 Å². The first-order valence-electron chi connectivity index (χ1n) is 11.8. The van der Waals surface area contributed by atoms with Crippen molar-refractivity contribution in [1.82, 2.24) is 0 Å². The molecule has 0 aromatic rings. The molecule has 0 aliphatic carbocycles. The van der Waals surface area contributed by atoms with E-state index in [1.54, 1.807) is 0 Å². The van der Waals surface area contributed by atoms with Crippen LogP contribution < -0.4 is 0 Å². The summed E-state index contributed by atoms with van der Waals surface area (Å²) in [6.45, 7) is 1.76. The molecule has 0 N–H and O–H groups in total. The molecule has 1 rings (SSSR count). The third-order valence-electron chi connectivity index (χ3n) is 5.20. The molecule has 256 valence electrons. The average Bonchev–Trinajstić information content (AvgIpc) is 2.81. The summed E-state index contributed by atoms with van der Waals surface area (Å²) in [6, 6.07) is 0. The summed E-state index contributed by atoms with van der Waals surface area (Å²) in [7, 11) is -7.35. The predicted octanol–water partition coefficient (Wildman–Crippen LogP) is 1.84. The second-order valence-electron chi connectivity index (χ2n) is 8.85. The number of carbonyl (C=O) groups excluding carboxylic acids is 4. The largest absolute Gasteiger partial charge is 0.743 e. The first-order valence-corrected chi connectivity index (χ1v) is 13.3. The SMILES string of the molecule is CC(=O)OCC1O[C@@H](OCCCC(F)(F)C(F)(F)OC(F)(F)C(F)(F)S(=O)(=O)[O-])C(OC(C)=O)[C@@H](OC(C)=O)[C@H]1OC(C)=O. The molecular weight excluding hydrogens is 660 g/mol. The molecular formula is C21H25F8O14S-. The number of carbonyl (C=O) groups is 4. The zero-order valence-corrected chi connectivity index (χ0v) is 23.7. The zero-order chi connectivity index (χ0) is 34.5. The van der Waals surface area contributed by atoms with Crippen LogP contribution in [0.4, 0.5) is 35.1 Å². The Labute approximate surface area is 242 Å². The smallest absolute Gasteiger partial charge is 0.438 e. The number of hydrogen-bond donors (Lipinski definition) is 0. The van der Waals surface area contributed by atoms with Crippen molar-refractivity contribution in [3.63, 3.8) is 0 Å². The highest BCUT2D eigenvalue weighted by molar-refractivity contribution is 7.86. The van der Waals surface area contributed by atoms with E-state index in [0.29, 0.717) is 0 Å². The Hall–Kier alpha value is -2.89. The van der Waals surface area contributed by atoms with E-state index in [-0.39, 0.29) is 0 Å². The number of halogens is 8. The molecule has 5 atom stereocenters. The van der Waals surface area contributed by atoms with Gasteiger partial charge in [-0.25, -0.2) is 13.2 Å². The Morgan fingerprint density at radius 2 is 1.23 bits per heavy atom. The Kier molecular flexibility index (Phi) is 12.9. The van der Waals surface area contributed by atoms with Crippen LogP contribution in [0.25, 0.3) is 0 Å². The molecule has 0 amide bonds. The summed E-state index contributed by atoms with van der Waals surface area (Å²) in [5.41, 5.74) is 0. The van der Waals surface area contributed by atoms with E-state index in [0.717, 1.165) is 27.7 Å². The molecule has 0 spiro atoms. The first kappa shape index (κ1) is 39.1. The van der Waals surface area contributed by atoms with E-state index in [1.807, 2.05) is 0 Å². The van der Waals surface area contributed by atoms with E-state index >= 15 is 0 Å². The van der Waals surface area contributed by atoms with Crippen molar-refractivity contribution in [2.24, 2.45) is 0 Å². The van der Waals surface area contributed by atoms with E-state index in [9.17, 15) is 67.3 Å². The highest BCUT2D eigenvalue weighted by Crippen LogP contribution is 2.48. The second kappa shape index (κ2) is 14.5. The molecule has 0 aromatic heterocycles. The number of ether oxygens (including phenoxy) is 7. The quantitative estimate of drug-likeness (QED) is 0.0798. The van der Waals surface area contributed by atoms with E-state index < -0.39 is 114 Å². The number of rotatable bonds is 15. The van der Waals surface area contributed by atoms with Gasteiger partial charge in [0.25, 0.3) is 0 Å². The lowest BCUT2D eigenvalue weighted by Gasteiger charge is -2.44. The topological polar surface area (TPSA) is 190 Å². The molecule has 23 heteroatoms. The molecule has 0 bridgehead atoms. The Morgan fingerprint density at radius 1 is 0.750 bits per heavy atom. The highest BCUT2D eigenvalue weighted by Gasteiger charge is 2.71. The van der Waals surface area contributed by atoms with Crippen LogP contribution in [0.15, 0.2) is 0 Å². The fourth-order valence-electron chi connectivity index (χ4n) is 3.40. The van der Waals surface area contributed by atoms with Gasteiger partial charge in [-0.05, 0) is 6.42 Å². The van der Waals surface area contributed by atoms with Gasteiger partial charge >= 0.3 is 47.3 Å². The van der Waals surface area contributed by atoms with Gasteiger partial charge < -0.3 is 33.0 Å². The van der Waals surface area contributed by atoms with Gasteiger partial charge in [0.2, 0.25) is 0 Å². The summed E-state index contributed by atoms with van der Waals surface area (Å²) in [5, 5.41) is -6.86. The van der Waals surface area contributed by atoms with Crippen molar-refractivity contribution in [2.75, 3.05) is 13.2 Å². The van der Waals surface area contributed by atoms with Gasteiger partial charge in [-0.1, -0.05) is 0 Å². The summed E-state index contributed by atoms with van der Waals surface area (Å²) in [4.78, 5) is 46.4. The Balaban J connectivity index is 3.18. The fourth-order valence-corrected chi connectivity index (χ4v) is 3.74. The van der Waals surface area contributed by atoms with Crippen molar-refractivity contribution < 1.29 is 100 Å². The zero-order valence-electron chi connectivity index (χ0n) is 22.9. The molecule has 1 saturated heterocycles. The third-order valence-corrected chi connectivity index (χ3v) is 6.07. The second-order valence-corrected chi connectivity index (χ2v) is 10.3. The molecule has 0 radical (unpaired) electrons. The van der Waals surface area contributed by atoms with Gasteiger partial charge in [0.05, 0.1) is 6.61 Å². The van der Waals surface area contributed by atoms with Crippen LogP contribution in [-0.4, -0.2) is 104 Å². The fraction of sp³-hybridized carbons (Fsp3) is 0.810. The maximum Gasteiger partial charge on any atom is 0.438 e. The highest BCUT2D eigenvalue weighted by atomic mass is 32.2. The maximum atomic E-state index is 14.1. The lowest BCUT2D eigenvalue weighted by atomic mass is 9.98. The number of hydrogen-bond acceptors (Lipinski definition) is 14. The standard InChI is InChI=1S/C21H26F8O14S/c1-9(30)38-8-13-14(39-10(2)31)15(40-11(3)32)16(41-12(4)33)17(42-13)37-7-5-6-18(22,23)19(24,25)43-20(26,27)21(28,29)44(34,35)36/h13-17H,5-8H2,1-4H3,(H,34,35,36)/p-1/t13?,14-,15-,16?,17+/m0/s1. The normalized spacial score (nSPS) is 23.4. The minimum Gasteiger partial charge on any atom is -0.743 e. The van der Waals surface area contributed by atoms with Crippen LogP contribution in [0.2, 0.25) is 0 Å². The molecule has 1 fully saturated rings. The van der Waals surface area contributed by atoms with Crippen LogP contribution in [0.1, 0.15) is 40.5 Å². The van der Waals surface area contributed by atoms with Crippen LogP contribution >= 0.6 is 0 Å². The monoisotopic (exact) mass is 685 g/mol. The molecule has 1 heterocycles. The van der Waals surface area contributed by atoms with Gasteiger partial charge in [0.15, 0.2) is 34.7 Å². The summed E-state index contributed by atoms with van der Waals surface area (Å²) in [6.07, 6.45) is -25.6. The number of alkyl halides is 8. The van der Waals surface area contributed by atoms with E-state index in [1.165, 1.54) is 0 Å². The summed E-state index contributed by atoms with van der Waals surface area (Å²) < 4.78 is 172. The van der Waals surface area contributed by atoms with Crippen LogP contribution in [0, 0.1) is 0 Å². The Morgan fingerprint density at radius 3 is 1.68 bits per heavy atom. The Bertz CT molecular complexity index is 1170. The minimum absolute atomic E-state index is 0.725. The predicted molar refractivity (Wildman–Crippen MR) is 118 cm³/mol. The van der Waals surface area contributed by atoms with Crippen molar-refractivity contribution in [2.45, 2.75) is 94.6 Å². The molecule has 1 aliphatic rings. The van der Waals surface area contributed by atoms with Crippen molar-refractivity contribution in [3.05, 3.63) is 0 Å². The summed E-state index contributed by atoms with van der Waals surface area (Å²) >= 11 is 0. The van der Waals surface area contributed by atoms with Crippen LogP contribution in [0.3, 0.4) is 0 Å². The van der Waals surface area contributed by atoms with Gasteiger partial charge in [0, 0.05) is 34.1 Å². The van der Waals surface area contributed by atoms with E-state index in [2.05, 4.69) is 4.74 Å². The minimum atomic E-state index is -7.35. The molecule has 1 aliphatic heterocycles. The molecule has 14 nitrogen and oxygen atoms in total. The molecule has 44 heavy (non-hydrogen) atoms. The first-order chi connectivity index (χ1) is 19.8. The molecule has 2 unspecified atom stereocenters. The van der Waals surface area contributed by atoms with Crippen molar-refractivity contribution >= 4 is 34.0 Å². The average molecular weight is 685 g/mol. The maximum absolute atomic E-state index is 14.1. The van der Waals surface area contributed by atoms with Crippen molar-refractivity contribution in [1.29, 1.82) is 0 Å². The van der Waals surface area contributed by atoms with E-state index in [4.69, 9.17) is 28.4 Å². The number of esters is 4. The van der Waals surface area contributed by atoms with Crippen LogP contribution in [-0.2, 0) is 62.5 Å². The lowest BCUT2D eigenvalue weighted by Crippen LogP contribution is -2.63. The molecule has 0 saturated carbocycles. The lowest BCUT2D eigenvalue weighted by molar-refractivity contribution is -0.456. The summed E-state index contributed by atoms with van der Waals surface area (Å²) in [5.74, 6) is -9.74. The van der Waals surface area contributed by atoms with Gasteiger partial charge in [-0.15, -0.1) is 0 Å². The van der Waals surface area contributed by atoms with Gasteiger partial charge in [-0.2, -0.15) is 35.1 Å². The van der Waals surface area contributed by atoms with Crippen molar-refractivity contribution in [3.8, 4) is 0 Å². The third kappa shape index (κ3) is 10.1. The molecule has 0 aromatic carbocycles. The van der Waals surface area contributed by atoms with Gasteiger partial charge in [-0.3, -0.25) is 19.2 Å². The van der Waals surface area contributed by atoms with Crippen LogP contribution in [0.5, 0.6) is 0 Å².